The number of carbonyl (C=O) groups is 2. The second-order valence-electron chi connectivity index (χ2n) is 7.55. The lowest BCUT2D eigenvalue weighted by Crippen LogP contribution is -2.37. The highest BCUT2D eigenvalue weighted by atomic mass is 16.5. The lowest BCUT2D eigenvalue weighted by atomic mass is 9.94. The Balaban J connectivity index is 1.74. The van der Waals surface area contributed by atoms with E-state index in [4.69, 9.17) is 9.15 Å². The normalized spacial score (nSPS) is 21.9. The van der Waals surface area contributed by atoms with Crippen LogP contribution in [0, 0.1) is 0 Å². The number of carbonyl (C=O) groups excluding carboxylic acids is 2. The largest absolute Gasteiger partial charge is 0.503 e. The maximum Gasteiger partial charge on any atom is 0.290 e. The van der Waals surface area contributed by atoms with Crippen LogP contribution < -0.4 is 4.90 Å². The van der Waals surface area contributed by atoms with E-state index in [1.165, 1.54) is 17.2 Å². The van der Waals surface area contributed by atoms with E-state index in [1.54, 1.807) is 6.07 Å². The number of anilines is 1. The second-order valence-corrected chi connectivity index (χ2v) is 7.55. The summed E-state index contributed by atoms with van der Waals surface area (Å²) >= 11 is 0. The number of Topliss-reactive ketones (excluding diaryl/α,β-unsaturated/α-hetero) is 1. The number of amides is 1. The fourth-order valence-corrected chi connectivity index (χ4v) is 3.92. The van der Waals surface area contributed by atoms with Crippen molar-refractivity contribution in [2.45, 2.75) is 25.0 Å². The summed E-state index contributed by atoms with van der Waals surface area (Å²) in [5.41, 5.74) is 1.79. The van der Waals surface area contributed by atoms with E-state index in [9.17, 15) is 14.7 Å². The first-order chi connectivity index (χ1) is 14.0. The van der Waals surface area contributed by atoms with Gasteiger partial charge in [-0.25, -0.2) is 0 Å². The molecule has 1 N–H and O–H groups in total. The van der Waals surface area contributed by atoms with E-state index in [0.29, 0.717) is 13.2 Å². The molecular formula is C22H24N2O5. The second kappa shape index (κ2) is 7.75. The molecule has 4 rings (SSSR count). The summed E-state index contributed by atoms with van der Waals surface area (Å²) in [6.07, 6.45) is 3.07. The number of aliphatic hydroxyl groups excluding tert-OH is 1. The van der Waals surface area contributed by atoms with Crippen molar-refractivity contribution in [2.24, 2.45) is 0 Å². The monoisotopic (exact) mass is 396 g/mol. The molecule has 2 aromatic rings. The zero-order chi connectivity index (χ0) is 20.5. The predicted octanol–water partition coefficient (Wildman–Crippen LogP) is 3.10. The van der Waals surface area contributed by atoms with Gasteiger partial charge in [-0.2, -0.15) is 0 Å². The van der Waals surface area contributed by atoms with Crippen LogP contribution in [0.25, 0.3) is 0 Å². The summed E-state index contributed by atoms with van der Waals surface area (Å²) in [6, 6.07) is 10.0. The van der Waals surface area contributed by atoms with Gasteiger partial charge in [-0.05, 0) is 42.7 Å². The van der Waals surface area contributed by atoms with Gasteiger partial charge < -0.3 is 24.1 Å². The van der Waals surface area contributed by atoms with E-state index in [2.05, 4.69) is 0 Å². The van der Waals surface area contributed by atoms with Gasteiger partial charge in [0.05, 0.1) is 24.0 Å². The first kappa shape index (κ1) is 19.3. The van der Waals surface area contributed by atoms with E-state index in [1.807, 2.05) is 43.3 Å². The third-order valence-corrected chi connectivity index (χ3v) is 5.44. The van der Waals surface area contributed by atoms with Crippen LogP contribution in [0.1, 0.15) is 35.0 Å². The number of ether oxygens (including phenoxy) is 1. The molecule has 1 saturated heterocycles. The highest BCUT2D eigenvalue weighted by Gasteiger charge is 2.45. The topological polar surface area (TPSA) is 83.2 Å². The van der Waals surface area contributed by atoms with Crippen molar-refractivity contribution in [3.63, 3.8) is 0 Å². The van der Waals surface area contributed by atoms with Gasteiger partial charge in [0, 0.05) is 32.9 Å². The zero-order valence-electron chi connectivity index (χ0n) is 16.5. The number of aliphatic hydroxyl groups is 1. The molecule has 152 valence electrons. The lowest BCUT2D eigenvalue weighted by molar-refractivity contribution is -0.131. The summed E-state index contributed by atoms with van der Waals surface area (Å²) in [7, 11) is 3.88. The van der Waals surface area contributed by atoms with Crippen molar-refractivity contribution in [3.05, 3.63) is 65.3 Å². The third kappa shape index (κ3) is 3.53. The minimum Gasteiger partial charge on any atom is -0.503 e. The molecule has 2 aliphatic rings. The molecule has 2 aliphatic heterocycles. The van der Waals surface area contributed by atoms with Crippen molar-refractivity contribution in [1.29, 1.82) is 0 Å². The molecular weight excluding hydrogens is 372 g/mol. The van der Waals surface area contributed by atoms with Gasteiger partial charge in [0.2, 0.25) is 5.78 Å². The third-order valence-electron chi connectivity index (χ3n) is 5.44. The Morgan fingerprint density at radius 1 is 1.24 bits per heavy atom. The number of benzene rings is 1. The number of rotatable bonds is 6. The first-order valence-corrected chi connectivity index (χ1v) is 9.68. The Bertz CT molecular complexity index is 925. The van der Waals surface area contributed by atoms with Crippen LogP contribution in [0.4, 0.5) is 5.69 Å². The number of furan rings is 1. The van der Waals surface area contributed by atoms with Crippen LogP contribution in [0.5, 0.6) is 0 Å². The summed E-state index contributed by atoms with van der Waals surface area (Å²) in [5.74, 6) is -1.48. The summed E-state index contributed by atoms with van der Waals surface area (Å²) in [6.45, 7) is 0.977. The fourth-order valence-electron chi connectivity index (χ4n) is 3.92. The van der Waals surface area contributed by atoms with Crippen molar-refractivity contribution in [3.8, 4) is 0 Å². The minimum absolute atomic E-state index is 0.0422. The first-order valence-electron chi connectivity index (χ1n) is 9.68. The average Bonchev–Trinajstić information content (AvgIpc) is 3.46. The smallest absolute Gasteiger partial charge is 0.290 e. The van der Waals surface area contributed by atoms with Gasteiger partial charge in [0.15, 0.2) is 11.5 Å². The molecule has 1 fully saturated rings. The molecule has 3 heterocycles. The van der Waals surface area contributed by atoms with Crippen molar-refractivity contribution in [1.82, 2.24) is 4.90 Å². The molecule has 2 atom stereocenters. The van der Waals surface area contributed by atoms with E-state index >= 15 is 0 Å². The summed E-state index contributed by atoms with van der Waals surface area (Å²) < 4.78 is 10.9. The van der Waals surface area contributed by atoms with Crippen molar-refractivity contribution >= 4 is 17.4 Å². The average molecular weight is 396 g/mol. The molecule has 0 radical (unpaired) electrons. The van der Waals surface area contributed by atoms with E-state index < -0.39 is 23.5 Å². The molecule has 0 bridgehead atoms. The molecule has 1 aromatic carbocycles. The SMILES string of the molecule is CN(C)c1ccc([C@H]2C(C(=O)c3ccco3)=C(O)C(=O)N2C[C@H]2CCCO2)cc1. The van der Waals surface area contributed by atoms with Crippen molar-refractivity contribution in [2.75, 3.05) is 32.1 Å². The maximum atomic E-state index is 13.1. The highest BCUT2D eigenvalue weighted by Crippen LogP contribution is 2.40. The number of ketones is 1. The van der Waals surface area contributed by atoms with Gasteiger partial charge in [0.1, 0.15) is 0 Å². The standard InChI is InChI=1S/C22H24N2O5/c1-23(2)15-9-7-14(8-10-15)19-18(20(25)17-6-4-12-29-17)21(26)22(27)24(19)13-16-5-3-11-28-16/h4,6-10,12,16,19,26H,3,5,11,13H2,1-2H3/t16-,19+/m1/s1. The molecule has 1 amide bonds. The van der Waals surface area contributed by atoms with Crippen LogP contribution in [0.2, 0.25) is 0 Å². The number of hydrogen-bond acceptors (Lipinski definition) is 6. The summed E-state index contributed by atoms with van der Waals surface area (Å²) in [5, 5.41) is 10.6. The number of nitrogens with zero attached hydrogens (tertiary/aromatic N) is 2. The Labute approximate surface area is 169 Å². The molecule has 0 unspecified atom stereocenters. The Morgan fingerprint density at radius 3 is 2.59 bits per heavy atom. The van der Waals surface area contributed by atoms with Gasteiger partial charge in [-0.15, -0.1) is 0 Å². The molecule has 1 aromatic heterocycles. The van der Waals surface area contributed by atoms with E-state index in [0.717, 1.165) is 24.1 Å². The molecule has 0 aliphatic carbocycles. The van der Waals surface area contributed by atoms with Crippen LogP contribution in [-0.4, -0.2) is 55.0 Å². The van der Waals surface area contributed by atoms with Gasteiger partial charge in [-0.1, -0.05) is 12.1 Å². The molecule has 0 saturated carbocycles. The fraction of sp³-hybridized carbons (Fsp3) is 0.364. The predicted molar refractivity (Wildman–Crippen MR) is 107 cm³/mol. The van der Waals surface area contributed by atoms with Crippen LogP contribution in [-0.2, 0) is 9.53 Å². The van der Waals surface area contributed by atoms with Crippen molar-refractivity contribution < 1.29 is 23.8 Å². The van der Waals surface area contributed by atoms with Crippen LogP contribution in [0.3, 0.4) is 0 Å². The zero-order valence-corrected chi connectivity index (χ0v) is 16.5. The maximum absolute atomic E-state index is 13.1. The Hall–Kier alpha value is -3.06. The number of hydrogen-bond donors (Lipinski definition) is 1. The van der Waals surface area contributed by atoms with Crippen LogP contribution in [0.15, 0.2) is 58.4 Å². The van der Waals surface area contributed by atoms with Gasteiger partial charge in [-0.3, -0.25) is 9.59 Å². The quantitative estimate of drug-likeness (QED) is 0.756. The van der Waals surface area contributed by atoms with Crippen LogP contribution >= 0.6 is 0 Å². The molecule has 29 heavy (non-hydrogen) atoms. The molecule has 0 spiro atoms. The molecule has 7 nitrogen and oxygen atoms in total. The Kier molecular flexibility index (Phi) is 5.15. The highest BCUT2D eigenvalue weighted by molar-refractivity contribution is 6.15. The Morgan fingerprint density at radius 2 is 2.00 bits per heavy atom. The minimum atomic E-state index is -0.694. The summed E-state index contributed by atoms with van der Waals surface area (Å²) in [4.78, 5) is 29.5. The molecule has 7 heteroatoms. The van der Waals surface area contributed by atoms with Gasteiger partial charge in [0.25, 0.3) is 5.91 Å². The van der Waals surface area contributed by atoms with E-state index in [-0.39, 0.29) is 17.4 Å². The van der Waals surface area contributed by atoms with Gasteiger partial charge >= 0.3 is 0 Å². The lowest BCUT2D eigenvalue weighted by Gasteiger charge is -2.29.